The van der Waals surface area contributed by atoms with Crippen molar-refractivity contribution in [3.05, 3.63) is 60.7 Å². The first kappa shape index (κ1) is 16.6. The molecule has 2 aromatic carbocycles. The summed E-state index contributed by atoms with van der Waals surface area (Å²) in [5.41, 5.74) is 1.36. The van der Waals surface area contributed by atoms with Crippen LogP contribution < -0.4 is 10.1 Å². The number of carbonyl (C=O) groups excluding carboxylic acids is 1. The third kappa shape index (κ3) is 3.97. The smallest absolute Gasteiger partial charge is 0.265 e. The Bertz CT molecular complexity index is 837. The molecule has 0 aliphatic heterocycles. The van der Waals surface area contributed by atoms with Gasteiger partial charge in [0.15, 0.2) is 17.7 Å². The van der Waals surface area contributed by atoms with Gasteiger partial charge in [-0.15, -0.1) is 5.10 Å². The Hall–Kier alpha value is -3.29. The van der Waals surface area contributed by atoms with Gasteiger partial charge in [0.2, 0.25) is 0 Å². The Morgan fingerprint density at radius 3 is 2.64 bits per heavy atom. The molecule has 8 heteroatoms. The molecule has 1 heterocycles. The average molecular weight is 341 g/mol. The minimum absolute atomic E-state index is 0.0542. The van der Waals surface area contributed by atoms with Gasteiger partial charge in [-0.05, 0) is 53.2 Å². The summed E-state index contributed by atoms with van der Waals surface area (Å²) in [6.45, 7) is 1.80. The van der Waals surface area contributed by atoms with Crippen LogP contribution in [0.5, 0.6) is 5.75 Å². The number of ether oxygens (including phenoxy) is 1. The monoisotopic (exact) mass is 341 g/mol. The number of hydrogen-bond donors (Lipinski definition) is 1. The number of aromatic nitrogens is 4. The van der Waals surface area contributed by atoms with Gasteiger partial charge in [-0.3, -0.25) is 4.79 Å². The van der Waals surface area contributed by atoms with Crippen LogP contribution in [0, 0.1) is 5.82 Å². The first-order valence-electron chi connectivity index (χ1n) is 7.73. The van der Waals surface area contributed by atoms with E-state index in [4.69, 9.17) is 4.74 Å². The number of nitrogens with one attached hydrogen (secondary N) is 1. The van der Waals surface area contributed by atoms with E-state index in [2.05, 4.69) is 20.8 Å². The van der Waals surface area contributed by atoms with Crippen LogP contribution in [-0.2, 0) is 4.79 Å². The molecule has 128 valence electrons. The van der Waals surface area contributed by atoms with Gasteiger partial charge in [0.25, 0.3) is 5.91 Å². The van der Waals surface area contributed by atoms with Gasteiger partial charge in [-0.1, -0.05) is 19.1 Å². The number of rotatable bonds is 6. The molecule has 1 aromatic heterocycles. The molecule has 1 N–H and O–H groups in total. The number of halogens is 1. The van der Waals surface area contributed by atoms with Crippen molar-refractivity contribution in [2.45, 2.75) is 19.4 Å². The Balaban J connectivity index is 1.66. The number of tetrazole rings is 1. The van der Waals surface area contributed by atoms with E-state index in [1.807, 2.05) is 0 Å². The second kappa shape index (κ2) is 7.52. The van der Waals surface area contributed by atoms with Crippen LogP contribution >= 0.6 is 0 Å². The van der Waals surface area contributed by atoms with Gasteiger partial charge >= 0.3 is 0 Å². The fraction of sp³-hybridized carbons (Fsp3) is 0.176. The molecule has 0 radical (unpaired) electrons. The molecular weight excluding hydrogens is 325 g/mol. The highest BCUT2D eigenvalue weighted by molar-refractivity contribution is 5.94. The van der Waals surface area contributed by atoms with Crippen LogP contribution in [-0.4, -0.2) is 32.2 Å². The molecule has 0 saturated carbocycles. The van der Waals surface area contributed by atoms with Crippen LogP contribution in [0.15, 0.2) is 54.9 Å². The Labute approximate surface area is 143 Å². The number of anilines is 1. The average Bonchev–Trinajstić information content (AvgIpc) is 3.16. The lowest BCUT2D eigenvalue weighted by atomic mass is 10.2. The second-order valence-electron chi connectivity index (χ2n) is 5.24. The molecule has 0 aliphatic rings. The molecule has 0 spiro atoms. The van der Waals surface area contributed by atoms with E-state index in [-0.39, 0.29) is 11.7 Å². The van der Waals surface area contributed by atoms with E-state index in [0.29, 0.717) is 12.1 Å². The van der Waals surface area contributed by atoms with Gasteiger partial charge in [-0.25, -0.2) is 9.07 Å². The van der Waals surface area contributed by atoms with Crippen molar-refractivity contribution in [1.29, 1.82) is 0 Å². The molecule has 25 heavy (non-hydrogen) atoms. The summed E-state index contributed by atoms with van der Waals surface area (Å²) in [7, 11) is 0. The lowest BCUT2D eigenvalue weighted by molar-refractivity contribution is -0.122. The summed E-state index contributed by atoms with van der Waals surface area (Å²) in [4.78, 5) is 12.4. The Morgan fingerprint density at radius 2 is 2.00 bits per heavy atom. The summed E-state index contributed by atoms with van der Waals surface area (Å²) in [5, 5.41) is 13.7. The highest BCUT2D eigenvalue weighted by Crippen LogP contribution is 2.19. The minimum atomic E-state index is -0.795. The van der Waals surface area contributed by atoms with Gasteiger partial charge in [0.1, 0.15) is 6.33 Å². The summed E-state index contributed by atoms with van der Waals surface area (Å²) in [6.07, 6.45) is 1.09. The van der Waals surface area contributed by atoms with Gasteiger partial charge in [0, 0.05) is 5.69 Å². The first-order chi connectivity index (χ1) is 12.2. The molecule has 1 atom stereocenters. The Morgan fingerprint density at radius 1 is 1.24 bits per heavy atom. The Kier molecular flexibility index (Phi) is 4.98. The van der Waals surface area contributed by atoms with E-state index in [1.165, 1.54) is 23.1 Å². The molecule has 3 aromatic rings. The van der Waals surface area contributed by atoms with E-state index in [0.717, 1.165) is 5.69 Å². The summed E-state index contributed by atoms with van der Waals surface area (Å²) in [6, 6.07) is 13.0. The number of para-hydroxylation sites is 1. The predicted octanol–water partition coefficient (Wildman–Crippen LogP) is 2.60. The lowest BCUT2D eigenvalue weighted by Crippen LogP contribution is -2.32. The van der Waals surface area contributed by atoms with Crippen LogP contribution in [0.1, 0.15) is 13.3 Å². The normalized spacial score (nSPS) is 11.8. The number of amides is 1. The third-order valence-electron chi connectivity index (χ3n) is 3.52. The number of nitrogens with zero attached hydrogens (tertiary/aromatic N) is 4. The largest absolute Gasteiger partial charge is 0.478 e. The molecule has 0 unspecified atom stereocenters. The standard InChI is InChI=1S/C17H16FN5O2/c1-2-15(25-16-6-4-3-5-14(16)18)17(24)20-12-7-9-13(10-8-12)23-11-19-21-22-23/h3-11,15H,2H2,1H3,(H,20,24)/t15-/m0/s1. The zero-order chi connectivity index (χ0) is 17.6. The minimum Gasteiger partial charge on any atom is -0.478 e. The van der Waals surface area contributed by atoms with Gasteiger partial charge < -0.3 is 10.1 Å². The molecule has 0 saturated heterocycles. The van der Waals surface area contributed by atoms with E-state index in [1.54, 1.807) is 43.3 Å². The lowest BCUT2D eigenvalue weighted by Gasteiger charge is -2.17. The summed E-state index contributed by atoms with van der Waals surface area (Å²) >= 11 is 0. The van der Waals surface area contributed by atoms with E-state index < -0.39 is 11.9 Å². The topological polar surface area (TPSA) is 81.9 Å². The number of benzene rings is 2. The zero-order valence-electron chi connectivity index (χ0n) is 13.5. The molecule has 1 amide bonds. The first-order valence-corrected chi connectivity index (χ1v) is 7.73. The second-order valence-corrected chi connectivity index (χ2v) is 5.24. The maximum atomic E-state index is 13.7. The highest BCUT2D eigenvalue weighted by atomic mass is 19.1. The molecule has 0 fully saturated rings. The molecule has 7 nitrogen and oxygen atoms in total. The van der Waals surface area contributed by atoms with Crippen molar-refractivity contribution in [3.63, 3.8) is 0 Å². The van der Waals surface area contributed by atoms with Crippen molar-refractivity contribution in [3.8, 4) is 11.4 Å². The van der Waals surface area contributed by atoms with Crippen molar-refractivity contribution in [2.24, 2.45) is 0 Å². The maximum absolute atomic E-state index is 13.7. The van der Waals surface area contributed by atoms with Crippen molar-refractivity contribution in [1.82, 2.24) is 20.2 Å². The molecular formula is C17H16FN5O2. The molecule has 0 bridgehead atoms. The van der Waals surface area contributed by atoms with Crippen LogP contribution in [0.25, 0.3) is 5.69 Å². The van der Waals surface area contributed by atoms with Crippen LogP contribution in [0.3, 0.4) is 0 Å². The SMILES string of the molecule is CC[C@H](Oc1ccccc1F)C(=O)Nc1ccc(-n2cnnn2)cc1. The van der Waals surface area contributed by atoms with Crippen molar-refractivity contribution >= 4 is 11.6 Å². The van der Waals surface area contributed by atoms with Crippen molar-refractivity contribution < 1.29 is 13.9 Å². The molecule has 0 aliphatic carbocycles. The number of hydrogen-bond acceptors (Lipinski definition) is 5. The van der Waals surface area contributed by atoms with Crippen molar-refractivity contribution in [2.75, 3.05) is 5.32 Å². The van der Waals surface area contributed by atoms with Crippen LogP contribution in [0.4, 0.5) is 10.1 Å². The highest BCUT2D eigenvalue weighted by Gasteiger charge is 2.20. The molecule has 3 rings (SSSR count). The van der Waals surface area contributed by atoms with Gasteiger partial charge in [0.05, 0.1) is 5.69 Å². The van der Waals surface area contributed by atoms with E-state index in [9.17, 15) is 9.18 Å². The number of carbonyl (C=O) groups is 1. The van der Waals surface area contributed by atoms with Crippen LogP contribution in [0.2, 0.25) is 0 Å². The summed E-state index contributed by atoms with van der Waals surface area (Å²) < 4.78 is 20.7. The predicted molar refractivity (Wildman–Crippen MR) is 88.9 cm³/mol. The van der Waals surface area contributed by atoms with E-state index >= 15 is 0 Å². The third-order valence-corrected chi connectivity index (χ3v) is 3.52. The summed E-state index contributed by atoms with van der Waals surface area (Å²) in [5.74, 6) is -0.793. The fourth-order valence-corrected chi connectivity index (χ4v) is 2.22. The van der Waals surface area contributed by atoms with Gasteiger partial charge in [-0.2, -0.15) is 0 Å². The fourth-order valence-electron chi connectivity index (χ4n) is 2.22. The maximum Gasteiger partial charge on any atom is 0.265 e. The zero-order valence-corrected chi connectivity index (χ0v) is 13.5. The quantitative estimate of drug-likeness (QED) is 0.745.